The van der Waals surface area contributed by atoms with Gasteiger partial charge >= 0.3 is 0 Å². The molecule has 0 bridgehead atoms. The number of likely N-dealkylation sites (tertiary alicyclic amines) is 1. The summed E-state index contributed by atoms with van der Waals surface area (Å²) in [5.74, 6) is -0.0923. The third-order valence-electron chi connectivity index (χ3n) is 8.03. The molecular formula is C28H34Cl2N2O4S. The summed E-state index contributed by atoms with van der Waals surface area (Å²) in [5.41, 5.74) is 1.02. The maximum atomic E-state index is 14.5. The fourth-order valence-electron chi connectivity index (χ4n) is 5.72. The van der Waals surface area contributed by atoms with Crippen molar-refractivity contribution in [1.82, 2.24) is 9.62 Å². The van der Waals surface area contributed by atoms with Crippen LogP contribution in [-0.4, -0.2) is 43.9 Å². The van der Waals surface area contributed by atoms with Crippen molar-refractivity contribution in [1.29, 1.82) is 0 Å². The Morgan fingerprint density at radius 1 is 1.08 bits per heavy atom. The molecule has 0 radical (unpaired) electrons. The number of carbonyl (C=O) groups excluding carboxylic acids is 2. The van der Waals surface area contributed by atoms with Crippen LogP contribution in [-0.2, 0) is 19.6 Å². The monoisotopic (exact) mass is 564 g/mol. The second kappa shape index (κ2) is 11.4. The molecule has 9 heteroatoms. The lowest BCUT2D eigenvalue weighted by Gasteiger charge is -2.53. The molecule has 4 rings (SSSR count). The first-order valence-electron chi connectivity index (χ1n) is 12.9. The molecule has 6 nitrogen and oxygen atoms in total. The van der Waals surface area contributed by atoms with E-state index in [1.807, 2.05) is 60.4 Å². The number of carbonyl (C=O) groups is 2. The predicted molar refractivity (Wildman–Crippen MR) is 147 cm³/mol. The van der Waals surface area contributed by atoms with Gasteiger partial charge in [0.05, 0.1) is 17.2 Å². The Kier molecular flexibility index (Phi) is 8.68. The molecule has 4 atom stereocenters. The fraction of sp³-hybridized carbons (Fsp3) is 0.500. The summed E-state index contributed by atoms with van der Waals surface area (Å²) in [6, 6.07) is 14.4. The van der Waals surface area contributed by atoms with Gasteiger partial charge < -0.3 is 9.69 Å². The molecule has 0 aromatic heterocycles. The molecule has 2 fully saturated rings. The van der Waals surface area contributed by atoms with Crippen LogP contribution in [0.3, 0.4) is 0 Å². The zero-order valence-corrected chi connectivity index (χ0v) is 23.5. The van der Waals surface area contributed by atoms with E-state index < -0.39 is 15.4 Å². The number of hydrogen-bond donors (Lipinski definition) is 1. The number of rotatable bonds is 11. The first-order valence-corrected chi connectivity index (χ1v) is 15.3. The normalized spacial score (nSPS) is 25.2. The highest BCUT2D eigenvalue weighted by molar-refractivity contribution is 7.89. The second-order valence-corrected chi connectivity index (χ2v) is 13.2. The Bertz CT molecular complexity index is 1230. The molecule has 0 spiro atoms. The minimum absolute atomic E-state index is 0.0336. The van der Waals surface area contributed by atoms with Crippen molar-refractivity contribution in [3.63, 3.8) is 0 Å². The number of halogens is 2. The number of hydrogen-bond acceptors (Lipinski definition) is 4. The summed E-state index contributed by atoms with van der Waals surface area (Å²) in [7, 11) is -3.46. The first kappa shape index (κ1) is 28.1. The lowest BCUT2D eigenvalue weighted by Crippen LogP contribution is -2.59. The van der Waals surface area contributed by atoms with E-state index in [4.69, 9.17) is 23.2 Å². The Morgan fingerprint density at radius 2 is 1.78 bits per heavy atom. The Hall–Kier alpha value is -1.93. The molecule has 200 valence electrons. The van der Waals surface area contributed by atoms with Crippen LogP contribution in [0.4, 0.5) is 0 Å². The summed E-state index contributed by atoms with van der Waals surface area (Å²) in [6.07, 6.45) is 3.78. The third kappa shape index (κ3) is 6.06. The van der Waals surface area contributed by atoms with Gasteiger partial charge in [0.25, 0.3) is 0 Å². The van der Waals surface area contributed by atoms with Crippen molar-refractivity contribution in [2.24, 2.45) is 11.3 Å². The molecule has 1 heterocycles. The van der Waals surface area contributed by atoms with Crippen LogP contribution in [0.2, 0.25) is 10.0 Å². The highest BCUT2D eigenvalue weighted by Gasteiger charge is 2.54. The second-order valence-electron chi connectivity index (χ2n) is 10.2. The van der Waals surface area contributed by atoms with Gasteiger partial charge in [-0.25, -0.2) is 13.1 Å². The van der Waals surface area contributed by atoms with Gasteiger partial charge in [0, 0.05) is 35.0 Å². The van der Waals surface area contributed by atoms with Crippen molar-refractivity contribution < 1.29 is 18.0 Å². The Morgan fingerprint density at radius 3 is 2.35 bits per heavy atom. The van der Waals surface area contributed by atoms with Crippen LogP contribution in [0.1, 0.15) is 69.0 Å². The van der Waals surface area contributed by atoms with Gasteiger partial charge in [-0.05, 0) is 73.9 Å². The first-order chi connectivity index (χ1) is 17.6. The van der Waals surface area contributed by atoms with Crippen LogP contribution >= 0.6 is 23.2 Å². The van der Waals surface area contributed by atoms with Gasteiger partial charge in [-0.3, -0.25) is 4.79 Å². The summed E-state index contributed by atoms with van der Waals surface area (Å²) in [5, 5.41) is 1.19. The van der Waals surface area contributed by atoms with Gasteiger partial charge in [-0.2, -0.15) is 0 Å². The maximum Gasteiger partial charge on any atom is 0.230 e. The lowest BCUT2D eigenvalue weighted by molar-refractivity contribution is -0.158. The average Bonchev–Trinajstić information content (AvgIpc) is 3.72. The number of amides is 1. The average molecular weight is 566 g/mol. The van der Waals surface area contributed by atoms with Crippen LogP contribution in [0.25, 0.3) is 0 Å². The molecule has 2 aromatic carbocycles. The summed E-state index contributed by atoms with van der Waals surface area (Å²) < 4.78 is 27.6. The third-order valence-corrected chi connectivity index (χ3v) is 9.89. The van der Waals surface area contributed by atoms with Crippen molar-refractivity contribution >= 4 is 45.4 Å². The van der Waals surface area contributed by atoms with E-state index in [-0.39, 0.29) is 48.5 Å². The van der Waals surface area contributed by atoms with E-state index in [0.717, 1.165) is 30.3 Å². The summed E-state index contributed by atoms with van der Waals surface area (Å²) >= 11 is 12.6. The fourth-order valence-corrected chi connectivity index (χ4v) is 6.67. The minimum atomic E-state index is -3.46. The molecular weight excluding hydrogens is 531 g/mol. The standard InChI is InChI=1S/C28H34Cl2N2O4S/c1-3-28(14-15-33)17-24(21-6-5-7-23(30)16-21)26(20-10-12-22(29)13-11-20)32(27(28)34)25(19-8-9-19)18-31-37(35,36)4-2/h5-7,10-13,15-16,19,24-26,31H,3-4,8-9,14,17-18H2,1-2H3/t24-,25-,26-,28+/m1/s1. The van der Waals surface area contributed by atoms with E-state index in [2.05, 4.69) is 4.72 Å². The molecule has 1 aliphatic carbocycles. The molecule has 37 heavy (non-hydrogen) atoms. The molecule has 1 aliphatic heterocycles. The van der Waals surface area contributed by atoms with E-state index >= 15 is 0 Å². The molecule has 0 unspecified atom stereocenters. The van der Waals surface area contributed by atoms with Crippen molar-refractivity contribution in [3.8, 4) is 0 Å². The van der Waals surface area contributed by atoms with Gasteiger partial charge in [0.2, 0.25) is 15.9 Å². The predicted octanol–water partition coefficient (Wildman–Crippen LogP) is 5.75. The smallest absolute Gasteiger partial charge is 0.230 e. The zero-order chi connectivity index (χ0) is 26.8. The van der Waals surface area contributed by atoms with Gasteiger partial charge in [-0.1, -0.05) is 54.4 Å². The van der Waals surface area contributed by atoms with Crippen LogP contribution < -0.4 is 4.72 Å². The van der Waals surface area contributed by atoms with Crippen molar-refractivity contribution in [2.75, 3.05) is 12.3 Å². The van der Waals surface area contributed by atoms with E-state index in [1.54, 1.807) is 6.92 Å². The number of nitrogens with one attached hydrogen (secondary N) is 1. The van der Waals surface area contributed by atoms with Crippen LogP contribution in [0.15, 0.2) is 48.5 Å². The number of aldehydes is 1. The van der Waals surface area contributed by atoms with E-state index in [1.165, 1.54) is 0 Å². The van der Waals surface area contributed by atoms with Crippen molar-refractivity contribution in [3.05, 3.63) is 69.7 Å². The number of sulfonamides is 1. The highest BCUT2D eigenvalue weighted by Crippen LogP contribution is 2.54. The molecule has 1 amide bonds. The highest BCUT2D eigenvalue weighted by atomic mass is 35.5. The molecule has 1 saturated carbocycles. The van der Waals surface area contributed by atoms with Gasteiger partial charge in [0.15, 0.2) is 0 Å². The molecule has 1 N–H and O–H groups in total. The zero-order valence-electron chi connectivity index (χ0n) is 21.2. The topological polar surface area (TPSA) is 83.6 Å². The molecule has 2 aliphatic rings. The van der Waals surface area contributed by atoms with Crippen LogP contribution in [0.5, 0.6) is 0 Å². The number of benzene rings is 2. The maximum absolute atomic E-state index is 14.5. The minimum Gasteiger partial charge on any atom is -0.330 e. The largest absolute Gasteiger partial charge is 0.330 e. The SMILES string of the molecule is CC[C@]1(CC=O)C[C@H](c2cccc(Cl)c2)[C@@H](c2ccc(Cl)cc2)N([C@H](CNS(=O)(=O)CC)C2CC2)C1=O. The summed E-state index contributed by atoms with van der Waals surface area (Å²) in [6.45, 7) is 3.68. The van der Waals surface area contributed by atoms with Crippen LogP contribution in [0, 0.1) is 11.3 Å². The lowest BCUT2D eigenvalue weighted by atomic mass is 9.65. The van der Waals surface area contributed by atoms with E-state index in [0.29, 0.717) is 22.9 Å². The molecule has 2 aromatic rings. The Labute approximate surface area is 229 Å². The summed E-state index contributed by atoms with van der Waals surface area (Å²) in [4.78, 5) is 28.3. The molecule has 1 saturated heterocycles. The Balaban J connectivity index is 1.90. The van der Waals surface area contributed by atoms with Gasteiger partial charge in [-0.15, -0.1) is 0 Å². The number of nitrogens with zero attached hydrogens (tertiary/aromatic N) is 1. The number of piperidine rings is 1. The quantitative estimate of drug-likeness (QED) is 0.352. The van der Waals surface area contributed by atoms with Gasteiger partial charge in [0.1, 0.15) is 6.29 Å². The van der Waals surface area contributed by atoms with Crippen molar-refractivity contribution in [2.45, 2.75) is 64.0 Å². The van der Waals surface area contributed by atoms with E-state index in [9.17, 15) is 18.0 Å².